The van der Waals surface area contributed by atoms with Crippen LogP contribution in [0.2, 0.25) is 0 Å². The van der Waals surface area contributed by atoms with Crippen molar-refractivity contribution in [1.29, 1.82) is 0 Å². The summed E-state index contributed by atoms with van der Waals surface area (Å²) in [4.78, 5) is 66.5. The van der Waals surface area contributed by atoms with Gasteiger partial charge in [-0.1, -0.05) is 109 Å². The van der Waals surface area contributed by atoms with E-state index in [1.807, 2.05) is 84.9 Å². The lowest BCUT2D eigenvalue weighted by atomic mass is 9.98. The van der Waals surface area contributed by atoms with E-state index in [0.29, 0.717) is 24.0 Å². The molecule has 0 saturated heterocycles. The van der Waals surface area contributed by atoms with Crippen LogP contribution in [0.15, 0.2) is 133 Å². The van der Waals surface area contributed by atoms with Gasteiger partial charge >= 0.3 is 23.9 Å². The van der Waals surface area contributed by atoms with E-state index >= 15 is 0 Å². The summed E-state index contributed by atoms with van der Waals surface area (Å²) in [6.07, 6.45) is 2.01. The normalized spacial score (nSPS) is 10.7. The average molecular weight is 903 g/mol. The molecule has 0 atom stereocenters. The summed E-state index contributed by atoms with van der Waals surface area (Å²) in [5.74, 6) is -4.60. The Bertz CT molecular complexity index is 2370. The molecule has 0 bridgehead atoms. The summed E-state index contributed by atoms with van der Waals surface area (Å²) in [6, 6.07) is 39.2. The molecule has 0 amide bonds. The Hall–Kier alpha value is -8.08. The molecule has 0 aliphatic rings. The number of carbonyl (C=O) groups is 4. The Kier molecular flexibility index (Phi) is 17.3. The van der Waals surface area contributed by atoms with E-state index in [2.05, 4.69) is 0 Å². The van der Waals surface area contributed by atoms with Crippen LogP contribution in [0.4, 0.5) is 0 Å². The van der Waals surface area contributed by atoms with Gasteiger partial charge in [-0.2, -0.15) is 9.78 Å². The summed E-state index contributed by atoms with van der Waals surface area (Å²) < 4.78 is 21.9. The third kappa shape index (κ3) is 15.3. The van der Waals surface area contributed by atoms with Crippen molar-refractivity contribution in [2.45, 2.75) is 38.9 Å². The molecule has 0 radical (unpaired) electrons. The predicted octanol–water partition coefficient (Wildman–Crippen LogP) is 7.10. The lowest BCUT2D eigenvalue weighted by Gasteiger charge is -2.15. The number of carboxylic acid groups (broad SMARTS) is 2. The van der Waals surface area contributed by atoms with Crippen LogP contribution in [-0.4, -0.2) is 70.7 Å². The monoisotopic (exact) mass is 902 g/mol. The van der Waals surface area contributed by atoms with Crippen LogP contribution in [-0.2, 0) is 77.6 Å². The number of hydrogen-bond donors (Lipinski definition) is 4. The maximum Gasteiger partial charge on any atom is 0.379 e. The Labute approximate surface area is 378 Å². The number of benzene rings is 6. The zero-order chi connectivity index (χ0) is 46.7. The second-order valence-electron chi connectivity index (χ2n) is 14.7. The molecule has 6 rings (SSSR count). The highest BCUT2D eigenvalue weighted by Crippen LogP contribution is 2.37. The van der Waals surface area contributed by atoms with Crippen LogP contribution in [0.5, 0.6) is 34.5 Å². The molecule has 0 heterocycles. The molecule has 4 N–H and O–H groups in total. The van der Waals surface area contributed by atoms with Crippen LogP contribution in [0.1, 0.15) is 44.5 Å². The number of phenols is 2. The molecular weight excluding hydrogens is 857 g/mol. The molecule has 16 heteroatoms. The van der Waals surface area contributed by atoms with Gasteiger partial charge in [0.15, 0.2) is 49.4 Å². The van der Waals surface area contributed by atoms with Crippen molar-refractivity contribution in [2.24, 2.45) is 0 Å². The fraction of sp³-hybridized carbons (Fsp3) is 0.200. The highest BCUT2D eigenvalue weighted by Gasteiger charge is 2.18. The molecule has 6 aromatic rings. The molecule has 0 spiro atoms. The highest BCUT2D eigenvalue weighted by molar-refractivity contribution is 5.72. The fourth-order valence-electron chi connectivity index (χ4n) is 6.41. The van der Waals surface area contributed by atoms with Crippen molar-refractivity contribution in [2.75, 3.05) is 26.4 Å². The molecular formula is C50H46O16. The van der Waals surface area contributed by atoms with E-state index in [9.17, 15) is 39.6 Å². The summed E-state index contributed by atoms with van der Waals surface area (Å²) in [5.41, 5.74) is 6.41. The SMILES string of the molecule is O=C(O)COc1cc(OCC(=O)OOCc2ccccc2)c(O)cc1Cc1ccc(CCc2ccc(Cc3cc(O)c(OCC(=O)OOCc4ccccc4)cc3OCC(=O)O)cc2)cc1. The van der Waals surface area contributed by atoms with Crippen molar-refractivity contribution in [3.8, 4) is 34.5 Å². The van der Waals surface area contributed by atoms with Gasteiger partial charge in [0.2, 0.25) is 0 Å². The third-order valence-electron chi connectivity index (χ3n) is 9.66. The van der Waals surface area contributed by atoms with Gasteiger partial charge in [0, 0.05) is 36.1 Å². The van der Waals surface area contributed by atoms with Crippen LogP contribution < -0.4 is 18.9 Å². The lowest BCUT2D eigenvalue weighted by Crippen LogP contribution is -2.15. The molecule has 0 aromatic heterocycles. The highest BCUT2D eigenvalue weighted by atomic mass is 17.2. The Balaban J connectivity index is 1.00. The first-order valence-electron chi connectivity index (χ1n) is 20.5. The van der Waals surface area contributed by atoms with Gasteiger partial charge < -0.3 is 39.4 Å². The van der Waals surface area contributed by atoms with Gasteiger partial charge in [-0.15, -0.1) is 0 Å². The number of phenolic OH excluding ortho intramolecular Hbond substituents is 2. The smallest absolute Gasteiger partial charge is 0.379 e. The quantitative estimate of drug-likeness (QED) is 0.0332. The molecule has 0 fully saturated rings. The van der Waals surface area contributed by atoms with E-state index < -0.39 is 50.3 Å². The number of ether oxygens (including phenoxy) is 4. The van der Waals surface area contributed by atoms with Crippen LogP contribution >= 0.6 is 0 Å². The molecule has 342 valence electrons. The van der Waals surface area contributed by atoms with E-state index in [1.54, 1.807) is 24.3 Å². The topological polar surface area (TPSA) is 223 Å². The van der Waals surface area contributed by atoms with E-state index in [-0.39, 0.29) is 60.6 Å². The van der Waals surface area contributed by atoms with Crippen LogP contribution in [0.25, 0.3) is 0 Å². The van der Waals surface area contributed by atoms with E-state index in [0.717, 1.165) is 33.4 Å². The predicted molar refractivity (Wildman–Crippen MR) is 234 cm³/mol. The number of hydrogen-bond acceptors (Lipinski definition) is 14. The number of aliphatic carboxylic acids is 2. The van der Waals surface area contributed by atoms with Crippen molar-refractivity contribution in [3.05, 3.63) is 178 Å². The molecule has 66 heavy (non-hydrogen) atoms. The third-order valence-corrected chi connectivity index (χ3v) is 9.66. The second kappa shape index (κ2) is 24.1. The minimum Gasteiger partial charge on any atom is -0.504 e. The van der Waals surface area contributed by atoms with Crippen molar-refractivity contribution >= 4 is 23.9 Å². The first-order valence-corrected chi connectivity index (χ1v) is 20.5. The maximum absolute atomic E-state index is 12.2. The Morgan fingerprint density at radius 3 is 1.11 bits per heavy atom. The average Bonchev–Trinajstić information content (AvgIpc) is 3.31. The van der Waals surface area contributed by atoms with Gasteiger partial charge in [0.1, 0.15) is 24.7 Å². The van der Waals surface area contributed by atoms with Crippen molar-refractivity contribution in [3.63, 3.8) is 0 Å². The van der Waals surface area contributed by atoms with E-state index in [1.165, 1.54) is 24.3 Å². The number of aryl methyl sites for hydroxylation is 2. The maximum atomic E-state index is 12.2. The molecule has 6 aromatic carbocycles. The molecule has 16 nitrogen and oxygen atoms in total. The summed E-state index contributed by atoms with van der Waals surface area (Å²) in [6.45, 7) is -2.40. The zero-order valence-electron chi connectivity index (χ0n) is 35.5. The standard InChI is InChI=1S/C50H46O16/c51-41-23-39(43(59-29-47(53)54)25-45(41)61-31-49(57)65-63-27-37-7-3-1-4-8-37)21-35-17-13-33(14-18-35)11-12-34-15-19-36(20-16-34)22-40-24-42(52)46(26-44(40)60-30-48(55)56)62-32-50(58)66-64-28-38-9-5-2-6-10-38/h1-10,13-20,23-26,51-52H,11-12,21-22,27-32H2,(H,53,54)(H,55,56). The van der Waals surface area contributed by atoms with Gasteiger partial charge in [0.05, 0.1) is 0 Å². The van der Waals surface area contributed by atoms with Gasteiger partial charge in [0.25, 0.3) is 0 Å². The Morgan fingerprint density at radius 1 is 0.394 bits per heavy atom. The van der Waals surface area contributed by atoms with Crippen LogP contribution in [0.3, 0.4) is 0 Å². The largest absolute Gasteiger partial charge is 0.504 e. The number of aromatic hydroxyl groups is 2. The molecule has 0 aliphatic heterocycles. The van der Waals surface area contributed by atoms with Crippen LogP contribution in [0, 0.1) is 0 Å². The van der Waals surface area contributed by atoms with Crippen molar-refractivity contribution < 1.29 is 78.1 Å². The first kappa shape index (κ1) is 47.4. The number of rotatable bonds is 25. The first-order chi connectivity index (χ1) is 32.0. The molecule has 0 aliphatic carbocycles. The lowest BCUT2D eigenvalue weighted by molar-refractivity contribution is -0.281. The summed E-state index contributed by atoms with van der Waals surface area (Å²) in [7, 11) is 0. The minimum absolute atomic E-state index is 0.0366. The molecule has 0 unspecified atom stereocenters. The number of carbonyl (C=O) groups excluding carboxylic acids is 2. The number of carboxylic acids is 2. The van der Waals surface area contributed by atoms with Gasteiger partial charge in [-0.3, -0.25) is 9.78 Å². The van der Waals surface area contributed by atoms with Crippen molar-refractivity contribution in [1.82, 2.24) is 0 Å². The minimum atomic E-state index is -1.20. The second-order valence-corrected chi connectivity index (χ2v) is 14.7. The molecule has 0 saturated carbocycles. The Morgan fingerprint density at radius 2 is 0.742 bits per heavy atom. The van der Waals surface area contributed by atoms with Gasteiger partial charge in [-0.25, -0.2) is 19.2 Å². The fourth-order valence-corrected chi connectivity index (χ4v) is 6.41. The summed E-state index contributed by atoms with van der Waals surface area (Å²) >= 11 is 0. The van der Waals surface area contributed by atoms with Gasteiger partial charge in [-0.05, 0) is 58.4 Å². The van der Waals surface area contributed by atoms with E-state index in [4.69, 9.17) is 38.5 Å². The summed E-state index contributed by atoms with van der Waals surface area (Å²) in [5, 5.41) is 40.0. The zero-order valence-corrected chi connectivity index (χ0v) is 35.5.